The predicted octanol–water partition coefficient (Wildman–Crippen LogP) is 3.04. The lowest BCUT2D eigenvalue weighted by molar-refractivity contribution is 0.574. The van der Waals surface area contributed by atoms with Gasteiger partial charge in [-0.05, 0) is 30.4 Å². The van der Waals surface area contributed by atoms with E-state index in [2.05, 4.69) is 11.9 Å². The molecule has 0 aromatic carbocycles. The Morgan fingerprint density at radius 2 is 2.17 bits per heavy atom. The van der Waals surface area contributed by atoms with E-state index in [9.17, 15) is 4.39 Å². The highest BCUT2D eigenvalue weighted by Gasteiger charge is 2.11. The van der Waals surface area contributed by atoms with Crippen molar-refractivity contribution in [3.8, 4) is 0 Å². The Morgan fingerprint density at radius 3 is 2.67 bits per heavy atom. The van der Waals surface area contributed by atoms with Crippen molar-refractivity contribution in [3.05, 3.63) is 29.3 Å². The summed E-state index contributed by atoms with van der Waals surface area (Å²) in [5.74, 6) is 0.109. The predicted molar refractivity (Wildman–Crippen MR) is 47.6 cm³/mol. The molecule has 0 amide bonds. The van der Waals surface area contributed by atoms with Crippen molar-refractivity contribution < 1.29 is 4.39 Å². The van der Waals surface area contributed by atoms with Crippen LogP contribution < -0.4 is 0 Å². The molecule has 1 atom stereocenters. The van der Waals surface area contributed by atoms with Crippen molar-refractivity contribution in [1.29, 1.82) is 0 Å². The number of rotatable bonds is 2. The Morgan fingerprint density at radius 1 is 1.50 bits per heavy atom. The van der Waals surface area contributed by atoms with Crippen LogP contribution in [0.3, 0.4) is 0 Å². The van der Waals surface area contributed by atoms with E-state index in [1.165, 1.54) is 6.20 Å². The Bertz CT molecular complexity index is 250. The first-order valence-electron chi connectivity index (χ1n) is 4.26. The van der Waals surface area contributed by atoms with Crippen molar-refractivity contribution in [3.63, 3.8) is 0 Å². The highest BCUT2D eigenvalue weighted by Crippen LogP contribution is 2.23. The summed E-state index contributed by atoms with van der Waals surface area (Å²) < 4.78 is 13.2. The standard InChI is InChI=1S/C10H14FN/c1-4-7(2)10-8(3)5-12-6-9(10)11/h5-7H,4H2,1-3H3. The molecule has 1 aromatic heterocycles. The number of aromatic nitrogens is 1. The zero-order valence-corrected chi connectivity index (χ0v) is 7.76. The van der Waals surface area contributed by atoms with E-state index in [0.29, 0.717) is 0 Å². The molecule has 0 N–H and O–H groups in total. The van der Waals surface area contributed by atoms with Crippen LogP contribution in [-0.4, -0.2) is 4.98 Å². The van der Waals surface area contributed by atoms with Crippen molar-refractivity contribution in [1.82, 2.24) is 4.98 Å². The van der Waals surface area contributed by atoms with E-state index < -0.39 is 0 Å². The topological polar surface area (TPSA) is 12.9 Å². The first-order valence-corrected chi connectivity index (χ1v) is 4.26. The van der Waals surface area contributed by atoms with Crippen LogP contribution in [0.4, 0.5) is 4.39 Å². The highest BCUT2D eigenvalue weighted by molar-refractivity contribution is 5.26. The summed E-state index contributed by atoms with van der Waals surface area (Å²) >= 11 is 0. The van der Waals surface area contributed by atoms with Crippen LogP contribution >= 0.6 is 0 Å². The van der Waals surface area contributed by atoms with Crippen LogP contribution in [0.15, 0.2) is 12.4 Å². The molecule has 0 saturated heterocycles. The van der Waals surface area contributed by atoms with E-state index in [4.69, 9.17) is 0 Å². The SMILES string of the molecule is CCC(C)c1c(C)cncc1F. The fraction of sp³-hybridized carbons (Fsp3) is 0.500. The molecule has 1 aromatic rings. The van der Waals surface area contributed by atoms with Gasteiger partial charge < -0.3 is 0 Å². The van der Waals surface area contributed by atoms with Crippen LogP contribution in [0.5, 0.6) is 0 Å². The van der Waals surface area contributed by atoms with Gasteiger partial charge in [-0.3, -0.25) is 4.98 Å². The summed E-state index contributed by atoms with van der Waals surface area (Å²) in [6.45, 7) is 5.99. The molecule has 0 spiro atoms. The van der Waals surface area contributed by atoms with Gasteiger partial charge in [0.05, 0.1) is 6.20 Å². The molecule has 2 heteroatoms. The monoisotopic (exact) mass is 167 g/mol. The summed E-state index contributed by atoms with van der Waals surface area (Å²) in [7, 11) is 0. The molecule has 1 heterocycles. The number of nitrogens with zero attached hydrogens (tertiary/aromatic N) is 1. The first kappa shape index (κ1) is 9.17. The van der Waals surface area contributed by atoms with Crippen molar-refractivity contribution in [2.75, 3.05) is 0 Å². The fourth-order valence-corrected chi connectivity index (χ4v) is 1.37. The van der Waals surface area contributed by atoms with E-state index in [1.807, 2.05) is 13.8 Å². The summed E-state index contributed by atoms with van der Waals surface area (Å²) in [5, 5.41) is 0. The molecule has 0 bridgehead atoms. The minimum Gasteiger partial charge on any atom is -0.261 e. The second-order valence-electron chi connectivity index (χ2n) is 3.16. The zero-order chi connectivity index (χ0) is 9.14. The molecule has 0 saturated carbocycles. The molecule has 0 aliphatic heterocycles. The maximum Gasteiger partial charge on any atom is 0.145 e. The van der Waals surface area contributed by atoms with Gasteiger partial charge in [0.25, 0.3) is 0 Å². The maximum absolute atomic E-state index is 13.2. The number of pyridine rings is 1. The van der Waals surface area contributed by atoms with Crippen LogP contribution in [0.2, 0.25) is 0 Å². The molecule has 66 valence electrons. The Kier molecular flexibility index (Phi) is 2.79. The van der Waals surface area contributed by atoms with Crippen LogP contribution in [-0.2, 0) is 0 Å². The van der Waals surface area contributed by atoms with Crippen LogP contribution in [0.1, 0.15) is 37.3 Å². The van der Waals surface area contributed by atoms with Gasteiger partial charge in [-0.1, -0.05) is 13.8 Å². The van der Waals surface area contributed by atoms with Crippen molar-refractivity contribution in [2.45, 2.75) is 33.1 Å². The second-order valence-corrected chi connectivity index (χ2v) is 3.16. The molecule has 1 nitrogen and oxygen atoms in total. The number of hydrogen-bond acceptors (Lipinski definition) is 1. The average Bonchev–Trinajstić information content (AvgIpc) is 2.03. The fourth-order valence-electron chi connectivity index (χ4n) is 1.37. The van der Waals surface area contributed by atoms with Gasteiger partial charge in [0.2, 0.25) is 0 Å². The molecule has 0 aliphatic rings. The third-order valence-corrected chi connectivity index (χ3v) is 2.24. The summed E-state index contributed by atoms with van der Waals surface area (Å²) in [6.07, 6.45) is 3.96. The van der Waals surface area contributed by atoms with Crippen LogP contribution in [0.25, 0.3) is 0 Å². The summed E-state index contributed by atoms with van der Waals surface area (Å²) in [6, 6.07) is 0. The third kappa shape index (κ3) is 1.63. The quantitative estimate of drug-likeness (QED) is 0.659. The molecule has 0 radical (unpaired) electrons. The third-order valence-electron chi connectivity index (χ3n) is 2.24. The molecular weight excluding hydrogens is 153 g/mol. The summed E-state index contributed by atoms with van der Waals surface area (Å²) in [5.41, 5.74) is 1.76. The second kappa shape index (κ2) is 3.65. The maximum atomic E-state index is 13.2. The van der Waals surface area contributed by atoms with Crippen molar-refractivity contribution in [2.24, 2.45) is 0 Å². The molecular formula is C10H14FN. The number of hydrogen-bond donors (Lipinski definition) is 0. The molecule has 0 fully saturated rings. The highest BCUT2D eigenvalue weighted by atomic mass is 19.1. The smallest absolute Gasteiger partial charge is 0.145 e. The Balaban J connectivity index is 3.12. The minimum absolute atomic E-state index is 0.177. The normalized spacial score (nSPS) is 13.0. The first-order chi connectivity index (χ1) is 5.66. The molecule has 1 rings (SSSR count). The van der Waals surface area contributed by atoms with E-state index >= 15 is 0 Å². The van der Waals surface area contributed by atoms with Crippen molar-refractivity contribution >= 4 is 0 Å². The zero-order valence-electron chi connectivity index (χ0n) is 7.76. The largest absolute Gasteiger partial charge is 0.261 e. The van der Waals surface area contributed by atoms with Gasteiger partial charge in [0.1, 0.15) is 5.82 Å². The minimum atomic E-state index is -0.177. The van der Waals surface area contributed by atoms with Gasteiger partial charge in [-0.25, -0.2) is 4.39 Å². The van der Waals surface area contributed by atoms with Gasteiger partial charge in [0, 0.05) is 6.20 Å². The number of aryl methyl sites for hydroxylation is 1. The van der Waals surface area contributed by atoms with Gasteiger partial charge >= 0.3 is 0 Å². The lowest BCUT2D eigenvalue weighted by Crippen LogP contribution is -2.00. The Labute approximate surface area is 72.6 Å². The van der Waals surface area contributed by atoms with E-state index in [0.717, 1.165) is 17.5 Å². The lowest BCUT2D eigenvalue weighted by Gasteiger charge is -2.12. The van der Waals surface area contributed by atoms with E-state index in [1.54, 1.807) is 6.20 Å². The molecule has 12 heavy (non-hydrogen) atoms. The Hall–Kier alpha value is -0.920. The lowest BCUT2D eigenvalue weighted by atomic mass is 9.95. The number of halogens is 1. The molecule has 0 aliphatic carbocycles. The van der Waals surface area contributed by atoms with Gasteiger partial charge in [0.15, 0.2) is 0 Å². The summed E-state index contributed by atoms with van der Waals surface area (Å²) in [4.78, 5) is 3.79. The molecule has 1 unspecified atom stereocenters. The average molecular weight is 167 g/mol. The van der Waals surface area contributed by atoms with Gasteiger partial charge in [-0.2, -0.15) is 0 Å². The van der Waals surface area contributed by atoms with E-state index in [-0.39, 0.29) is 11.7 Å². The van der Waals surface area contributed by atoms with Crippen LogP contribution in [0, 0.1) is 12.7 Å². The van der Waals surface area contributed by atoms with Gasteiger partial charge in [-0.15, -0.1) is 0 Å².